The normalized spacial score (nSPS) is 11.5. The topological polar surface area (TPSA) is 30.8 Å². The van der Waals surface area contributed by atoms with E-state index in [0.29, 0.717) is 13.2 Å². The van der Waals surface area contributed by atoms with Crippen LogP contribution in [-0.2, 0) is 22.8 Å². The van der Waals surface area contributed by atoms with Gasteiger partial charge >= 0.3 is 115 Å². The zero-order valence-electron chi connectivity index (χ0n) is 15.2. The first-order valence-corrected chi connectivity index (χ1v) is 14.6. The number of ether oxygens (including phenoxy) is 2. The molecule has 1 aromatic carbocycles. The molecule has 23 heavy (non-hydrogen) atoms. The molecule has 0 aliphatic carbocycles. The second-order valence-corrected chi connectivity index (χ2v) is 16.2. The van der Waals surface area contributed by atoms with Gasteiger partial charge in [-0.15, -0.1) is 0 Å². The fourth-order valence-electron chi connectivity index (χ4n) is 1.69. The molecule has 1 aromatic rings. The molecule has 0 heterocycles. The number of rotatable bonds is 4. The average molecular weight is 446 g/mol. The van der Waals surface area contributed by atoms with Gasteiger partial charge in [0.25, 0.3) is 0 Å². The Morgan fingerprint density at radius 1 is 1.04 bits per heavy atom. The zero-order chi connectivity index (χ0) is 18.1. The van der Waals surface area contributed by atoms with Crippen molar-refractivity contribution in [1.29, 1.82) is 0 Å². The van der Waals surface area contributed by atoms with E-state index in [1.807, 2.05) is 36.4 Å². The second-order valence-electron chi connectivity index (χ2n) is 6.28. The average Bonchev–Trinajstić information content (AvgIpc) is 2.39. The van der Waals surface area contributed by atoms with Crippen molar-refractivity contribution in [3.05, 3.63) is 29.3 Å². The molecule has 0 saturated heterocycles. The van der Waals surface area contributed by atoms with Gasteiger partial charge in [0.05, 0.1) is 13.2 Å². The summed E-state index contributed by atoms with van der Waals surface area (Å²) in [5.41, 5.74) is 3.22. The van der Waals surface area contributed by atoms with Crippen molar-refractivity contribution in [3.8, 4) is 0 Å². The van der Waals surface area contributed by atoms with Crippen molar-refractivity contribution >= 4 is 28.9 Å². The SMILES string of the molecule is COCCOC.Cc1cccc(C)c1[N]=[Mo]([Cl])([Cl])=[CH]C(C)(C)C. The van der Waals surface area contributed by atoms with Crippen molar-refractivity contribution in [3.63, 3.8) is 0 Å². The van der Waals surface area contributed by atoms with Gasteiger partial charge in [-0.25, -0.2) is 0 Å². The maximum atomic E-state index is 6.43. The summed E-state index contributed by atoms with van der Waals surface area (Å²) in [6.07, 6.45) is 0. The molecule has 0 spiro atoms. The predicted molar refractivity (Wildman–Crippen MR) is 99.0 cm³/mol. The molecule has 0 bridgehead atoms. The molecule has 0 unspecified atom stereocenters. The van der Waals surface area contributed by atoms with E-state index in [4.69, 9.17) is 18.8 Å². The molecule has 0 fully saturated rings. The van der Waals surface area contributed by atoms with E-state index in [1.165, 1.54) is 0 Å². The van der Waals surface area contributed by atoms with Crippen molar-refractivity contribution in [2.45, 2.75) is 34.6 Å². The summed E-state index contributed by atoms with van der Waals surface area (Å²) in [6.45, 7) is 11.7. The number of hydrogen-bond donors (Lipinski definition) is 0. The van der Waals surface area contributed by atoms with E-state index in [0.717, 1.165) is 16.8 Å². The van der Waals surface area contributed by atoms with Crippen LogP contribution < -0.4 is 0 Å². The van der Waals surface area contributed by atoms with Crippen molar-refractivity contribution in [2.75, 3.05) is 27.4 Å². The van der Waals surface area contributed by atoms with Crippen molar-refractivity contribution in [1.82, 2.24) is 0 Å². The first-order chi connectivity index (χ1) is 10.5. The molecule has 134 valence electrons. The minimum atomic E-state index is -3.25. The molecule has 3 nitrogen and oxygen atoms in total. The first kappa shape index (κ1) is 23.1. The molecule has 0 radical (unpaired) electrons. The Morgan fingerprint density at radius 3 is 1.83 bits per heavy atom. The van der Waals surface area contributed by atoms with Crippen LogP contribution in [0.2, 0.25) is 0 Å². The monoisotopic (exact) mass is 447 g/mol. The summed E-state index contributed by atoms with van der Waals surface area (Å²) < 4.78 is 16.0. The summed E-state index contributed by atoms with van der Waals surface area (Å²) in [5.74, 6) is 0. The first-order valence-electron chi connectivity index (χ1n) is 7.38. The van der Waals surface area contributed by atoms with Crippen LogP contribution in [-0.4, -0.2) is 31.8 Å². The Kier molecular flexibility index (Phi) is 10.9. The molecular weight excluding hydrogens is 417 g/mol. The standard InChI is InChI=1S/C8H9N.C5H10.C4H10O2.2ClH.Mo/c1-6-4-3-5-7(2)8(6)9;1-5(2,3)4;1-5-3-4-6-2;;;/h3-5H,1-2H3;1H,2-4H3;3-4H2,1-2H3;2*1H;/q;;;;;+2/p-2. The molecule has 0 aliphatic heterocycles. The van der Waals surface area contributed by atoms with Gasteiger partial charge < -0.3 is 9.47 Å². The van der Waals surface area contributed by atoms with Gasteiger partial charge in [0.1, 0.15) is 0 Å². The summed E-state index contributed by atoms with van der Waals surface area (Å²) in [7, 11) is 16.2. The summed E-state index contributed by atoms with van der Waals surface area (Å²) in [6, 6.07) is 6.10. The molecular formula is C17H29Cl2MoNO2. The Bertz CT molecular complexity index is 569. The molecule has 0 saturated carbocycles. The summed E-state index contributed by atoms with van der Waals surface area (Å²) in [4.78, 5) is 0. The Morgan fingerprint density at radius 2 is 1.48 bits per heavy atom. The number of benzene rings is 1. The predicted octanol–water partition coefficient (Wildman–Crippen LogP) is 5.71. The fourth-order valence-corrected chi connectivity index (χ4v) is 9.20. The molecule has 0 aromatic heterocycles. The number of halogens is 2. The van der Waals surface area contributed by atoms with Crippen LogP contribution >= 0.6 is 18.8 Å². The maximum absolute atomic E-state index is 6.43. The second kappa shape index (κ2) is 10.8. The van der Waals surface area contributed by atoms with Crippen LogP contribution in [0.3, 0.4) is 0 Å². The quantitative estimate of drug-likeness (QED) is 0.439. The number of methoxy groups -OCH3 is 2. The third kappa shape index (κ3) is 11.3. The summed E-state index contributed by atoms with van der Waals surface area (Å²) in [5, 5.41) is 0. The van der Waals surface area contributed by atoms with E-state index in [-0.39, 0.29) is 5.41 Å². The molecule has 0 N–H and O–H groups in total. The van der Waals surface area contributed by atoms with E-state index in [9.17, 15) is 0 Å². The van der Waals surface area contributed by atoms with Crippen molar-refractivity contribution in [2.24, 2.45) is 8.91 Å². The number of aryl methyl sites for hydroxylation is 2. The third-order valence-corrected chi connectivity index (χ3v) is 7.99. The molecule has 0 amide bonds. The molecule has 6 heteroatoms. The Labute approximate surface area is 151 Å². The van der Waals surface area contributed by atoms with Gasteiger partial charge in [0.2, 0.25) is 0 Å². The van der Waals surface area contributed by atoms with E-state index < -0.39 is 13.3 Å². The number of hydrogen-bond acceptors (Lipinski definition) is 3. The van der Waals surface area contributed by atoms with Gasteiger partial charge in [-0.2, -0.15) is 0 Å². The van der Waals surface area contributed by atoms with Gasteiger partial charge in [-0.3, -0.25) is 0 Å². The van der Waals surface area contributed by atoms with Crippen LogP contribution in [0.25, 0.3) is 0 Å². The molecule has 0 aliphatic rings. The van der Waals surface area contributed by atoms with Crippen LogP contribution in [0.1, 0.15) is 31.9 Å². The van der Waals surface area contributed by atoms with Gasteiger partial charge in [-0.1, -0.05) is 0 Å². The molecule has 1 rings (SSSR count). The van der Waals surface area contributed by atoms with Gasteiger partial charge in [0.15, 0.2) is 0 Å². The van der Waals surface area contributed by atoms with Crippen LogP contribution in [0.4, 0.5) is 5.69 Å². The van der Waals surface area contributed by atoms with Gasteiger partial charge in [0, 0.05) is 14.2 Å². The van der Waals surface area contributed by atoms with Crippen molar-refractivity contribution < 1.29 is 22.8 Å². The summed E-state index contributed by atoms with van der Waals surface area (Å²) >= 11 is -3.25. The molecule has 0 atom stereocenters. The van der Waals surface area contributed by atoms with E-state index >= 15 is 0 Å². The fraction of sp³-hybridized carbons (Fsp3) is 0.588. The van der Waals surface area contributed by atoms with E-state index in [1.54, 1.807) is 14.2 Å². The third-order valence-electron chi connectivity index (χ3n) is 2.64. The Hall–Kier alpha value is 0.0783. The number of nitrogens with zero attached hydrogens (tertiary/aromatic N) is 1. The van der Waals surface area contributed by atoms with E-state index in [2.05, 4.69) is 33.7 Å². The van der Waals surface area contributed by atoms with Crippen LogP contribution in [0.5, 0.6) is 0 Å². The van der Waals surface area contributed by atoms with Gasteiger partial charge in [-0.05, 0) is 0 Å². The minimum absolute atomic E-state index is 0.00467. The van der Waals surface area contributed by atoms with Crippen LogP contribution in [0, 0.1) is 19.3 Å². The zero-order valence-corrected chi connectivity index (χ0v) is 18.7. The van der Waals surface area contributed by atoms with Crippen LogP contribution in [0.15, 0.2) is 21.7 Å². The Balaban J connectivity index is 0.000000688.